The average Bonchev–Trinajstić information content (AvgIpc) is 2.31. The number of ether oxygens (including phenoxy) is 1. The third-order valence-electron chi connectivity index (χ3n) is 2.29. The SMILES string of the molecule is C#CCCCNCc1cccc(OC)c1O. The molecular formula is C13H17NO2. The molecule has 2 N–H and O–H groups in total. The molecule has 1 aromatic carbocycles. The van der Waals surface area contributed by atoms with Crippen molar-refractivity contribution in [3.8, 4) is 23.8 Å². The Morgan fingerprint density at radius 2 is 2.31 bits per heavy atom. The molecule has 0 amide bonds. The lowest BCUT2D eigenvalue weighted by Gasteiger charge is -2.09. The van der Waals surface area contributed by atoms with Gasteiger partial charge in [0, 0.05) is 18.5 Å². The lowest BCUT2D eigenvalue weighted by molar-refractivity contribution is 0.369. The Hall–Kier alpha value is -1.66. The fourth-order valence-corrected chi connectivity index (χ4v) is 1.41. The highest BCUT2D eigenvalue weighted by Gasteiger charge is 2.05. The molecule has 0 saturated carbocycles. The lowest BCUT2D eigenvalue weighted by Crippen LogP contribution is -2.14. The zero-order valence-electron chi connectivity index (χ0n) is 9.49. The maximum absolute atomic E-state index is 9.79. The minimum Gasteiger partial charge on any atom is -0.504 e. The molecule has 0 aliphatic rings. The molecule has 0 fully saturated rings. The molecule has 0 aliphatic carbocycles. The van der Waals surface area contributed by atoms with Crippen molar-refractivity contribution < 1.29 is 9.84 Å². The van der Waals surface area contributed by atoms with Gasteiger partial charge < -0.3 is 15.2 Å². The van der Waals surface area contributed by atoms with Crippen LogP contribution in [0.25, 0.3) is 0 Å². The van der Waals surface area contributed by atoms with Crippen LogP contribution in [0.15, 0.2) is 18.2 Å². The molecule has 0 aliphatic heterocycles. The summed E-state index contributed by atoms with van der Waals surface area (Å²) in [5, 5.41) is 13.0. The summed E-state index contributed by atoms with van der Waals surface area (Å²) in [5.74, 6) is 3.29. The van der Waals surface area contributed by atoms with Crippen LogP contribution in [0.3, 0.4) is 0 Å². The normalized spacial score (nSPS) is 9.75. The Balaban J connectivity index is 2.45. The molecule has 0 unspecified atom stereocenters. The Labute approximate surface area is 96.4 Å². The number of unbranched alkanes of at least 4 members (excludes halogenated alkanes) is 1. The van der Waals surface area contributed by atoms with E-state index in [4.69, 9.17) is 11.2 Å². The van der Waals surface area contributed by atoms with E-state index >= 15 is 0 Å². The van der Waals surface area contributed by atoms with E-state index in [0.29, 0.717) is 12.3 Å². The van der Waals surface area contributed by atoms with Gasteiger partial charge in [0.1, 0.15) is 0 Å². The van der Waals surface area contributed by atoms with Crippen molar-refractivity contribution in [2.45, 2.75) is 19.4 Å². The number of benzene rings is 1. The topological polar surface area (TPSA) is 41.5 Å². The summed E-state index contributed by atoms with van der Waals surface area (Å²) in [4.78, 5) is 0. The van der Waals surface area contributed by atoms with Crippen LogP contribution in [0.5, 0.6) is 11.5 Å². The van der Waals surface area contributed by atoms with E-state index in [1.807, 2.05) is 12.1 Å². The average molecular weight is 219 g/mol. The van der Waals surface area contributed by atoms with Gasteiger partial charge >= 0.3 is 0 Å². The summed E-state index contributed by atoms with van der Waals surface area (Å²) in [5.41, 5.74) is 0.833. The summed E-state index contributed by atoms with van der Waals surface area (Å²) in [6.07, 6.45) is 6.87. The van der Waals surface area contributed by atoms with Gasteiger partial charge in [-0.15, -0.1) is 12.3 Å². The molecular weight excluding hydrogens is 202 g/mol. The van der Waals surface area contributed by atoms with Crippen molar-refractivity contribution in [2.75, 3.05) is 13.7 Å². The monoisotopic (exact) mass is 219 g/mol. The van der Waals surface area contributed by atoms with Gasteiger partial charge in [-0.05, 0) is 19.0 Å². The molecule has 0 radical (unpaired) electrons. The number of terminal acetylenes is 1. The zero-order chi connectivity index (χ0) is 11.8. The second-order valence-corrected chi connectivity index (χ2v) is 3.45. The molecule has 86 valence electrons. The molecule has 0 heterocycles. The molecule has 3 heteroatoms. The molecule has 0 aromatic heterocycles. The van der Waals surface area contributed by atoms with E-state index in [1.165, 1.54) is 0 Å². The summed E-state index contributed by atoms with van der Waals surface area (Å²) in [6.45, 7) is 1.47. The summed E-state index contributed by atoms with van der Waals surface area (Å²) in [7, 11) is 1.54. The van der Waals surface area contributed by atoms with E-state index in [1.54, 1.807) is 13.2 Å². The van der Waals surface area contributed by atoms with Crippen molar-refractivity contribution in [3.63, 3.8) is 0 Å². The van der Waals surface area contributed by atoms with E-state index < -0.39 is 0 Å². The summed E-state index contributed by atoms with van der Waals surface area (Å²) >= 11 is 0. The number of hydrogen-bond acceptors (Lipinski definition) is 3. The highest BCUT2D eigenvalue weighted by Crippen LogP contribution is 2.28. The first kappa shape index (κ1) is 12.4. The highest BCUT2D eigenvalue weighted by molar-refractivity contribution is 5.45. The Kier molecular flexibility index (Phi) is 5.24. The third kappa shape index (κ3) is 3.48. The molecule has 16 heavy (non-hydrogen) atoms. The Morgan fingerprint density at radius 3 is 3.00 bits per heavy atom. The van der Waals surface area contributed by atoms with Gasteiger partial charge in [-0.25, -0.2) is 0 Å². The second kappa shape index (κ2) is 6.76. The first-order chi connectivity index (χ1) is 7.79. The highest BCUT2D eigenvalue weighted by atomic mass is 16.5. The first-order valence-corrected chi connectivity index (χ1v) is 5.28. The van der Waals surface area contributed by atoms with Crippen LogP contribution >= 0.6 is 0 Å². The van der Waals surface area contributed by atoms with Gasteiger partial charge in [0.15, 0.2) is 11.5 Å². The first-order valence-electron chi connectivity index (χ1n) is 5.28. The molecule has 0 bridgehead atoms. The smallest absolute Gasteiger partial charge is 0.162 e. The van der Waals surface area contributed by atoms with E-state index in [2.05, 4.69) is 11.2 Å². The number of para-hydroxylation sites is 1. The van der Waals surface area contributed by atoms with Crippen LogP contribution in [-0.4, -0.2) is 18.8 Å². The van der Waals surface area contributed by atoms with Crippen molar-refractivity contribution >= 4 is 0 Å². The summed E-state index contributed by atoms with van der Waals surface area (Å²) < 4.78 is 5.03. The maximum atomic E-state index is 9.79. The number of phenolic OH excluding ortho intramolecular Hbond substituents is 1. The van der Waals surface area contributed by atoms with E-state index in [9.17, 15) is 5.11 Å². The Morgan fingerprint density at radius 1 is 1.50 bits per heavy atom. The van der Waals surface area contributed by atoms with Crippen LogP contribution in [0.1, 0.15) is 18.4 Å². The number of nitrogens with one attached hydrogen (secondary N) is 1. The fourth-order valence-electron chi connectivity index (χ4n) is 1.41. The van der Waals surface area contributed by atoms with Crippen molar-refractivity contribution in [3.05, 3.63) is 23.8 Å². The van der Waals surface area contributed by atoms with Crippen LogP contribution in [0, 0.1) is 12.3 Å². The van der Waals surface area contributed by atoms with Crippen molar-refractivity contribution in [2.24, 2.45) is 0 Å². The van der Waals surface area contributed by atoms with Gasteiger partial charge in [-0.2, -0.15) is 0 Å². The molecule has 3 nitrogen and oxygen atoms in total. The number of aromatic hydroxyl groups is 1. The van der Waals surface area contributed by atoms with Gasteiger partial charge in [0.05, 0.1) is 7.11 Å². The number of methoxy groups -OCH3 is 1. The maximum Gasteiger partial charge on any atom is 0.162 e. The quantitative estimate of drug-likeness (QED) is 0.567. The molecule has 0 spiro atoms. The fraction of sp³-hybridized carbons (Fsp3) is 0.385. The molecule has 0 atom stereocenters. The van der Waals surface area contributed by atoms with E-state index in [-0.39, 0.29) is 5.75 Å². The number of rotatable bonds is 6. The van der Waals surface area contributed by atoms with E-state index in [0.717, 1.165) is 24.9 Å². The third-order valence-corrected chi connectivity index (χ3v) is 2.29. The minimum atomic E-state index is 0.203. The Bertz CT molecular complexity index is 369. The predicted octanol–water partition coefficient (Wildman–Crippen LogP) is 1.90. The standard InChI is InChI=1S/C13H17NO2/c1-3-4-5-9-14-10-11-7-6-8-12(16-2)13(11)15/h1,6-8,14-15H,4-5,9-10H2,2H3. The van der Waals surface area contributed by atoms with Gasteiger partial charge in [0.2, 0.25) is 0 Å². The van der Waals surface area contributed by atoms with Gasteiger partial charge in [0.25, 0.3) is 0 Å². The van der Waals surface area contributed by atoms with Gasteiger partial charge in [-0.3, -0.25) is 0 Å². The minimum absolute atomic E-state index is 0.203. The largest absolute Gasteiger partial charge is 0.504 e. The predicted molar refractivity (Wildman–Crippen MR) is 64.4 cm³/mol. The lowest BCUT2D eigenvalue weighted by atomic mass is 10.2. The number of phenols is 1. The summed E-state index contributed by atoms with van der Waals surface area (Å²) in [6, 6.07) is 5.46. The van der Waals surface area contributed by atoms with Crippen molar-refractivity contribution in [1.29, 1.82) is 0 Å². The van der Waals surface area contributed by atoms with Crippen LogP contribution < -0.4 is 10.1 Å². The van der Waals surface area contributed by atoms with Crippen molar-refractivity contribution in [1.82, 2.24) is 5.32 Å². The molecule has 1 aromatic rings. The van der Waals surface area contributed by atoms with Gasteiger partial charge in [-0.1, -0.05) is 12.1 Å². The number of hydrogen-bond donors (Lipinski definition) is 2. The second-order valence-electron chi connectivity index (χ2n) is 3.45. The molecule has 1 rings (SSSR count). The molecule has 0 saturated heterocycles. The van der Waals surface area contributed by atoms with Crippen LogP contribution in [0.4, 0.5) is 0 Å². The van der Waals surface area contributed by atoms with Crippen LogP contribution in [0.2, 0.25) is 0 Å². The van der Waals surface area contributed by atoms with Crippen LogP contribution in [-0.2, 0) is 6.54 Å². The zero-order valence-corrected chi connectivity index (χ0v) is 9.49.